The predicted molar refractivity (Wildman–Crippen MR) is 112 cm³/mol. The molecule has 1 saturated heterocycles. The van der Waals surface area contributed by atoms with Crippen LogP contribution in [0.3, 0.4) is 0 Å². The summed E-state index contributed by atoms with van der Waals surface area (Å²) in [4.78, 5) is 11.5. The van der Waals surface area contributed by atoms with Crippen LogP contribution in [0.1, 0.15) is 43.4 Å². The molecule has 8 heteroatoms. The van der Waals surface area contributed by atoms with E-state index in [9.17, 15) is 20.1 Å². The fourth-order valence-electron chi connectivity index (χ4n) is 3.86. The van der Waals surface area contributed by atoms with Gasteiger partial charge < -0.3 is 34.3 Å². The molecule has 3 atom stereocenters. The Bertz CT molecular complexity index is 926. The zero-order valence-corrected chi connectivity index (χ0v) is 17.8. The van der Waals surface area contributed by atoms with Crippen molar-refractivity contribution in [2.45, 2.75) is 50.9 Å². The molecule has 0 spiro atoms. The van der Waals surface area contributed by atoms with Crippen LogP contribution in [0.25, 0.3) is 0 Å². The highest BCUT2D eigenvalue weighted by Gasteiger charge is 2.33. The smallest absolute Gasteiger partial charge is 0.302 e. The molecule has 8 nitrogen and oxygen atoms in total. The van der Waals surface area contributed by atoms with Gasteiger partial charge in [0.1, 0.15) is 6.10 Å². The lowest BCUT2D eigenvalue weighted by Gasteiger charge is -2.35. The lowest BCUT2D eigenvalue weighted by atomic mass is 9.93. The van der Waals surface area contributed by atoms with Gasteiger partial charge in [0, 0.05) is 19.8 Å². The van der Waals surface area contributed by atoms with E-state index in [2.05, 4.69) is 0 Å². The van der Waals surface area contributed by atoms with Crippen molar-refractivity contribution < 1.29 is 39.1 Å². The van der Waals surface area contributed by atoms with E-state index in [4.69, 9.17) is 18.9 Å². The highest BCUT2D eigenvalue weighted by atomic mass is 16.6. The average Bonchev–Trinajstić information content (AvgIpc) is 2.74. The average molecular weight is 432 g/mol. The number of aryl methyl sites for hydroxylation is 1. The van der Waals surface area contributed by atoms with Crippen molar-refractivity contribution in [3.63, 3.8) is 0 Å². The predicted octanol–water partition coefficient (Wildman–Crippen LogP) is 3.61. The molecular formula is C23H28O8. The zero-order valence-electron chi connectivity index (χ0n) is 17.8. The van der Waals surface area contributed by atoms with E-state index in [1.807, 2.05) is 6.07 Å². The number of ether oxygens (including phenoxy) is 4. The molecule has 1 fully saturated rings. The van der Waals surface area contributed by atoms with Gasteiger partial charge in [-0.05, 0) is 48.2 Å². The Morgan fingerprint density at radius 2 is 1.77 bits per heavy atom. The van der Waals surface area contributed by atoms with Crippen LogP contribution in [0.5, 0.6) is 28.7 Å². The van der Waals surface area contributed by atoms with Crippen LogP contribution in [0, 0.1) is 0 Å². The van der Waals surface area contributed by atoms with Crippen molar-refractivity contribution in [1.29, 1.82) is 0 Å². The largest absolute Gasteiger partial charge is 0.504 e. The van der Waals surface area contributed by atoms with E-state index in [1.54, 1.807) is 18.2 Å². The highest BCUT2D eigenvalue weighted by molar-refractivity contribution is 5.66. The molecule has 0 aromatic heterocycles. The molecule has 0 unspecified atom stereocenters. The molecule has 3 N–H and O–H groups in total. The summed E-state index contributed by atoms with van der Waals surface area (Å²) in [6.45, 7) is 1.37. The van der Waals surface area contributed by atoms with Crippen molar-refractivity contribution in [3.05, 3.63) is 41.5 Å². The minimum Gasteiger partial charge on any atom is -0.504 e. The van der Waals surface area contributed by atoms with Gasteiger partial charge in [0.15, 0.2) is 23.0 Å². The van der Waals surface area contributed by atoms with Crippen LogP contribution in [0.4, 0.5) is 0 Å². The monoisotopic (exact) mass is 432 g/mol. The Labute approximate surface area is 180 Å². The maximum atomic E-state index is 11.5. The third kappa shape index (κ3) is 5.52. The lowest BCUT2D eigenvalue weighted by Crippen LogP contribution is -2.34. The molecule has 1 aliphatic heterocycles. The second kappa shape index (κ2) is 9.78. The topological polar surface area (TPSA) is 115 Å². The maximum Gasteiger partial charge on any atom is 0.302 e. The van der Waals surface area contributed by atoms with E-state index in [1.165, 1.54) is 27.2 Å². The van der Waals surface area contributed by atoms with Crippen LogP contribution in [0.2, 0.25) is 0 Å². The van der Waals surface area contributed by atoms with Crippen molar-refractivity contribution in [2.75, 3.05) is 14.2 Å². The number of phenolic OH excluding ortho intramolecular Hbond substituents is 3. The number of phenols is 3. The van der Waals surface area contributed by atoms with Crippen molar-refractivity contribution >= 4 is 5.97 Å². The first-order valence-electron chi connectivity index (χ1n) is 10.1. The second-order valence-electron chi connectivity index (χ2n) is 7.59. The van der Waals surface area contributed by atoms with Crippen molar-refractivity contribution in [3.8, 4) is 28.7 Å². The van der Waals surface area contributed by atoms with Crippen LogP contribution in [-0.4, -0.2) is 47.7 Å². The Morgan fingerprint density at radius 1 is 1.03 bits per heavy atom. The number of rotatable bonds is 7. The fraction of sp³-hybridized carbons (Fsp3) is 0.435. The van der Waals surface area contributed by atoms with Gasteiger partial charge in [-0.3, -0.25) is 4.79 Å². The first-order valence-corrected chi connectivity index (χ1v) is 10.1. The molecule has 0 radical (unpaired) electrons. The molecule has 2 aromatic rings. The summed E-state index contributed by atoms with van der Waals surface area (Å²) in [5.74, 6) is -0.378. The number of esters is 1. The van der Waals surface area contributed by atoms with Crippen molar-refractivity contribution in [1.82, 2.24) is 0 Å². The maximum absolute atomic E-state index is 11.5. The van der Waals surface area contributed by atoms with Crippen molar-refractivity contribution in [2.24, 2.45) is 0 Å². The van der Waals surface area contributed by atoms with Crippen LogP contribution in [-0.2, 0) is 20.7 Å². The normalized spacial score (nSPS) is 20.8. The van der Waals surface area contributed by atoms with E-state index in [0.717, 1.165) is 5.56 Å². The Hall–Kier alpha value is -3.13. The molecule has 0 saturated carbocycles. The molecule has 31 heavy (non-hydrogen) atoms. The van der Waals surface area contributed by atoms with Gasteiger partial charge in [0.25, 0.3) is 0 Å². The first-order chi connectivity index (χ1) is 14.8. The van der Waals surface area contributed by atoms with Gasteiger partial charge in [-0.15, -0.1) is 0 Å². The Balaban J connectivity index is 1.77. The lowest BCUT2D eigenvalue weighted by molar-refractivity contribution is -0.160. The quantitative estimate of drug-likeness (QED) is 0.449. The number of hydrogen-bond donors (Lipinski definition) is 3. The molecule has 0 amide bonds. The molecule has 0 bridgehead atoms. The SMILES string of the molecule is COc1cc(CC[C@H]2C[C@H](OC(C)=O)C[C@@H](c3cc(O)c(O)c(OC)c3)O2)ccc1O. The summed E-state index contributed by atoms with van der Waals surface area (Å²) in [7, 11) is 2.90. The number of benzene rings is 2. The highest BCUT2D eigenvalue weighted by Crippen LogP contribution is 2.42. The van der Waals surface area contributed by atoms with Gasteiger partial charge in [0.2, 0.25) is 5.75 Å². The van der Waals surface area contributed by atoms with Gasteiger partial charge in [-0.25, -0.2) is 0 Å². The van der Waals surface area contributed by atoms with E-state index < -0.39 is 6.10 Å². The molecule has 1 heterocycles. The Morgan fingerprint density at radius 3 is 2.45 bits per heavy atom. The number of methoxy groups -OCH3 is 2. The summed E-state index contributed by atoms with van der Waals surface area (Å²) in [6, 6.07) is 8.23. The number of aromatic hydroxyl groups is 3. The second-order valence-corrected chi connectivity index (χ2v) is 7.59. The molecule has 3 rings (SSSR count). The van der Waals surface area contributed by atoms with E-state index >= 15 is 0 Å². The minimum atomic E-state index is -0.446. The Kier molecular flexibility index (Phi) is 7.12. The zero-order chi connectivity index (χ0) is 22.5. The molecule has 0 aliphatic carbocycles. The van der Waals surface area contributed by atoms with E-state index in [-0.39, 0.29) is 41.2 Å². The molecule has 168 valence electrons. The third-order valence-corrected chi connectivity index (χ3v) is 5.36. The summed E-state index contributed by atoms with van der Waals surface area (Å²) in [5.41, 5.74) is 1.61. The third-order valence-electron chi connectivity index (χ3n) is 5.36. The first kappa shape index (κ1) is 22.6. The van der Waals surface area contributed by atoms with Gasteiger partial charge in [-0.1, -0.05) is 6.07 Å². The number of carbonyl (C=O) groups excluding carboxylic acids is 1. The fourth-order valence-corrected chi connectivity index (χ4v) is 3.86. The van der Waals surface area contributed by atoms with Gasteiger partial charge in [0.05, 0.1) is 26.4 Å². The van der Waals surface area contributed by atoms with Crippen LogP contribution >= 0.6 is 0 Å². The minimum absolute atomic E-state index is 0.0798. The molecule has 1 aliphatic rings. The summed E-state index contributed by atoms with van der Waals surface area (Å²) in [6.07, 6.45) is 1.32. The summed E-state index contributed by atoms with van der Waals surface area (Å²) in [5, 5.41) is 29.7. The van der Waals surface area contributed by atoms with Crippen LogP contribution in [0.15, 0.2) is 30.3 Å². The van der Waals surface area contributed by atoms with Crippen LogP contribution < -0.4 is 9.47 Å². The van der Waals surface area contributed by atoms with Gasteiger partial charge in [-0.2, -0.15) is 0 Å². The molecule has 2 aromatic carbocycles. The molecular weight excluding hydrogens is 404 g/mol. The number of carbonyl (C=O) groups is 1. The summed E-state index contributed by atoms with van der Waals surface area (Å²) < 4.78 is 22.0. The number of hydrogen-bond acceptors (Lipinski definition) is 8. The standard InChI is InChI=1S/C23H28O8/c1-13(24)30-17-11-16(6-4-14-5-7-18(25)21(8-14)28-2)31-20(12-17)15-9-19(26)23(27)22(10-15)29-3/h5,7-10,16-17,20,25-27H,4,6,11-12H2,1-3H3/t16-,17-,20-/m0/s1. The van der Waals surface area contributed by atoms with E-state index in [0.29, 0.717) is 37.0 Å². The summed E-state index contributed by atoms with van der Waals surface area (Å²) >= 11 is 0. The van der Waals surface area contributed by atoms with Gasteiger partial charge >= 0.3 is 5.97 Å².